The first-order valence-corrected chi connectivity index (χ1v) is 14.2. The average Bonchev–Trinajstić information content (AvgIpc) is 3.40. The molecule has 2 atom stereocenters. The second-order valence-electron chi connectivity index (χ2n) is 10.6. The van der Waals surface area contributed by atoms with E-state index in [0.717, 1.165) is 4.90 Å². The maximum Gasteiger partial charge on any atom is 0.411 e. The lowest BCUT2D eigenvalue weighted by Gasteiger charge is -2.43. The van der Waals surface area contributed by atoms with Crippen molar-refractivity contribution in [2.75, 3.05) is 25.0 Å². The number of aromatic nitrogens is 1. The van der Waals surface area contributed by atoms with E-state index in [0.29, 0.717) is 0 Å². The summed E-state index contributed by atoms with van der Waals surface area (Å²) in [6, 6.07) is 3.03. The molecule has 1 aliphatic carbocycles. The number of ether oxygens (including phenoxy) is 1. The predicted molar refractivity (Wildman–Crippen MR) is 135 cm³/mol. The number of amides is 3. The van der Waals surface area contributed by atoms with Gasteiger partial charge in [-0.1, -0.05) is 0 Å². The molecule has 0 bridgehead atoms. The Bertz CT molecular complexity index is 1540. The molecule has 2 aliphatic heterocycles. The number of nitrogens with one attached hydrogen (secondary N) is 3. The summed E-state index contributed by atoms with van der Waals surface area (Å²) in [7, 11) is -2.85. The van der Waals surface area contributed by atoms with Crippen molar-refractivity contribution < 1.29 is 45.1 Å². The summed E-state index contributed by atoms with van der Waals surface area (Å²) in [5, 5.41) is 4.43. The molecule has 2 aromatic rings. The first kappa shape index (κ1) is 28.9. The van der Waals surface area contributed by atoms with Gasteiger partial charge in [-0.2, -0.15) is 13.2 Å². The van der Waals surface area contributed by atoms with Crippen molar-refractivity contribution in [2.24, 2.45) is 13.0 Å². The molecule has 11 nitrogen and oxygen atoms in total. The van der Waals surface area contributed by atoms with Crippen molar-refractivity contribution in [1.29, 1.82) is 0 Å². The van der Waals surface area contributed by atoms with Crippen LogP contribution in [0.2, 0.25) is 0 Å². The van der Waals surface area contributed by atoms with E-state index in [9.17, 15) is 40.4 Å². The Morgan fingerprint density at radius 1 is 1.17 bits per heavy atom. The fourth-order valence-electron chi connectivity index (χ4n) is 5.30. The molecule has 3 N–H and O–H groups in total. The van der Waals surface area contributed by atoms with Gasteiger partial charge >= 0.3 is 18.0 Å². The van der Waals surface area contributed by atoms with Gasteiger partial charge in [-0.3, -0.25) is 14.4 Å². The van der Waals surface area contributed by atoms with Gasteiger partial charge in [0.05, 0.1) is 6.61 Å². The number of carbonyl (C=O) groups excluding carboxylic acids is 3. The second-order valence-corrected chi connectivity index (χ2v) is 12.3. The molecular formula is C25H27F4N5O6S. The second kappa shape index (κ2) is 10.0. The van der Waals surface area contributed by atoms with Crippen LogP contribution in [0.15, 0.2) is 29.3 Å². The molecule has 2 fully saturated rings. The van der Waals surface area contributed by atoms with E-state index in [1.54, 1.807) is 0 Å². The van der Waals surface area contributed by atoms with Crippen molar-refractivity contribution in [2.45, 2.75) is 48.8 Å². The van der Waals surface area contributed by atoms with Crippen LogP contribution in [-0.4, -0.2) is 73.1 Å². The molecule has 222 valence electrons. The number of hydrogen-bond donors (Lipinski definition) is 3. The number of anilines is 1. The van der Waals surface area contributed by atoms with Gasteiger partial charge in [0.1, 0.15) is 16.3 Å². The van der Waals surface area contributed by atoms with Crippen LogP contribution in [0.1, 0.15) is 35.3 Å². The highest BCUT2D eigenvalue weighted by atomic mass is 32.2. The van der Waals surface area contributed by atoms with Gasteiger partial charge in [-0.05, 0) is 49.9 Å². The Morgan fingerprint density at radius 3 is 2.49 bits per heavy atom. The topological polar surface area (TPSA) is 139 Å². The maximum atomic E-state index is 13.6. The number of likely N-dealkylation sites (tertiary alicyclic amines) is 1. The van der Waals surface area contributed by atoms with Crippen molar-refractivity contribution in [3.05, 3.63) is 41.5 Å². The van der Waals surface area contributed by atoms with Crippen LogP contribution in [0, 0.1) is 18.7 Å². The van der Waals surface area contributed by atoms with E-state index in [2.05, 4.69) is 10.0 Å². The molecule has 1 aromatic carbocycles. The highest BCUT2D eigenvalue weighted by Gasteiger charge is 2.60. The van der Waals surface area contributed by atoms with Gasteiger partial charge in [0.15, 0.2) is 11.4 Å². The molecule has 3 aliphatic rings. The number of hydrogen-bond acceptors (Lipinski definition) is 6. The number of halogens is 4. The van der Waals surface area contributed by atoms with Crippen molar-refractivity contribution >= 4 is 33.4 Å². The molecule has 0 radical (unpaired) electrons. The van der Waals surface area contributed by atoms with Gasteiger partial charge in [0.2, 0.25) is 10.0 Å². The third-order valence-electron chi connectivity index (χ3n) is 7.80. The van der Waals surface area contributed by atoms with E-state index < -0.39 is 57.2 Å². The highest BCUT2D eigenvalue weighted by molar-refractivity contribution is 7.89. The summed E-state index contributed by atoms with van der Waals surface area (Å²) >= 11 is 0. The Balaban J connectivity index is 1.33. The fraction of sp³-hybridized carbons (Fsp3) is 0.480. The monoisotopic (exact) mass is 601 g/mol. The highest BCUT2D eigenvalue weighted by Crippen LogP contribution is 2.45. The lowest BCUT2D eigenvalue weighted by molar-refractivity contribution is -0.219. The van der Waals surface area contributed by atoms with Gasteiger partial charge in [0.25, 0.3) is 5.91 Å². The summed E-state index contributed by atoms with van der Waals surface area (Å²) in [4.78, 5) is 39.1. The van der Waals surface area contributed by atoms with E-state index >= 15 is 0 Å². The Kier molecular flexibility index (Phi) is 7.04. The lowest BCUT2D eigenvalue weighted by atomic mass is 9.76. The van der Waals surface area contributed by atoms with Gasteiger partial charge < -0.3 is 24.8 Å². The molecular weight excluding hydrogens is 574 g/mol. The average molecular weight is 602 g/mol. The van der Waals surface area contributed by atoms with Crippen LogP contribution in [0.3, 0.4) is 0 Å². The minimum atomic E-state index is -4.72. The number of benzene rings is 1. The zero-order valence-electron chi connectivity index (χ0n) is 22.0. The van der Waals surface area contributed by atoms with Crippen LogP contribution in [0.25, 0.3) is 0 Å². The molecule has 41 heavy (non-hydrogen) atoms. The third kappa shape index (κ3) is 5.14. The lowest BCUT2D eigenvalue weighted by Crippen LogP contribution is -2.65. The maximum absolute atomic E-state index is 13.6. The van der Waals surface area contributed by atoms with E-state index in [1.165, 1.54) is 42.9 Å². The summed E-state index contributed by atoms with van der Waals surface area (Å²) in [5.41, 5.74) is -2.02. The molecule has 1 saturated carbocycles. The first-order valence-electron chi connectivity index (χ1n) is 12.7. The Morgan fingerprint density at radius 2 is 1.88 bits per heavy atom. The van der Waals surface area contributed by atoms with Crippen molar-refractivity contribution in [3.63, 3.8) is 0 Å². The molecule has 0 unspecified atom stereocenters. The van der Waals surface area contributed by atoms with Crippen molar-refractivity contribution in [1.82, 2.24) is 19.5 Å². The number of carbonyl (C=O) groups is 3. The zero-order valence-corrected chi connectivity index (χ0v) is 22.8. The van der Waals surface area contributed by atoms with Crippen LogP contribution < -0.4 is 20.1 Å². The third-order valence-corrected chi connectivity index (χ3v) is 9.28. The molecule has 0 spiro atoms. The van der Waals surface area contributed by atoms with Gasteiger partial charge in [-0.15, -0.1) is 0 Å². The number of rotatable bonds is 3. The summed E-state index contributed by atoms with van der Waals surface area (Å²) in [5.74, 6) is -4.73. The smallest absolute Gasteiger partial charge is 0.411 e. The van der Waals surface area contributed by atoms with Crippen LogP contribution in [0.4, 0.5) is 23.2 Å². The number of alkyl halides is 3. The molecule has 5 rings (SSSR count). The van der Waals surface area contributed by atoms with E-state index in [1.807, 2.05) is 5.32 Å². The molecule has 1 aromatic heterocycles. The van der Waals surface area contributed by atoms with Crippen LogP contribution >= 0.6 is 0 Å². The van der Waals surface area contributed by atoms with Gasteiger partial charge in [0, 0.05) is 44.0 Å². The number of fused-ring (bicyclic) bond motifs is 2. The molecule has 3 heterocycles. The van der Waals surface area contributed by atoms with Crippen LogP contribution in [-0.2, 0) is 26.7 Å². The van der Waals surface area contributed by atoms with E-state index in [-0.39, 0.29) is 66.5 Å². The van der Waals surface area contributed by atoms with Crippen LogP contribution in [0.5, 0.6) is 5.75 Å². The van der Waals surface area contributed by atoms with Gasteiger partial charge in [-0.25, -0.2) is 17.5 Å². The normalized spacial score (nSPS) is 22.7. The fourth-order valence-corrected chi connectivity index (χ4v) is 6.79. The van der Waals surface area contributed by atoms with E-state index in [4.69, 9.17) is 4.74 Å². The molecule has 16 heteroatoms. The summed E-state index contributed by atoms with van der Waals surface area (Å²) in [6.07, 6.45) is -3.94. The predicted octanol–water partition coefficient (Wildman–Crippen LogP) is 1.82. The number of aryl methyl sites for hydroxylation is 2. The zero-order chi connectivity index (χ0) is 29.9. The first-order chi connectivity index (χ1) is 19.1. The molecule has 3 amide bonds. The quantitative estimate of drug-likeness (QED) is 0.363. The van der Waals surface area contributed by atoms with Crippen molar-refractivity contribution in [3.8, 4) is 5.75 Å². The standard InChI is InChI=1S/C25H27F4N5O6S/c1-13-8-15(4-5-16(13)26)30-21(35)19-20-18(11-33(19)2)41(38,39)32-17-10-34(9-14(17)12-40-20)23(37)22(36)31-24(6-3-7-24)25(27,28)29/h4-5,8,11,14,17,32H,3,6-7,9-10,12H2,1-2H3,(H,30,35)(H,31,36)/t14-,17-/m0/s1. The Hall–Kier alpha value is -3.66. The largest absolute Gasteiger partial charge is 0.489 e. The SMILES string of the molecule is Cc1cc(NC(=O)c2c3c(cn2C)S(=O)(=O)N[C@H]2CN(C(=O)C(=O)NC4(C(F)(F)F)CCC4)C[C@H]2CO3)ccc1F. The minimum Gasteiger partial charge on any atom is -0.489 e. The number of nitrogens with zero attached hydrogens (tertiary/aromatic N) is 2. The Labute approximate surface area is 232 Å². The minimum absolute atomic E-state index is 0.131. The number of sulfonamides is 1. The summed E-state index contributed by atoms with van der Waals surface area (Å²) in [6.45, 7) is 0.911. The summed E-state index contributed by atoms with van der Waals surface area (Å²) < 4.78 is 90.2. The molecule has 1 saturated heterocycles.